The molecular weight excluding hydrogens is 234 g/mol. The highest BCUT2D eigenvalue weighted by Gasteiger charge is 2.09. The van der Waals surface area contributed by atoms with Gasteiger partial charge in [-0.05, 0) is 18.6 Å². The standard InChI is InChI=1S/C16H21N3/c1-2-3-4-5-8-13-19-15-10-7-6-9-14(15)18-16(19)11-12-17/h6-7,9-10H,2-5,8,11,13H2,1H3. The fourth-order valence-electron chi connectivity index (χ4n) is 2.45. The van der Waals surface area contributed by atoms with Gasteiger partial charge in [0.05, 0.1) is 23.5 Å². The van der Waals surface area contributed by atoms with E-state index in [0.717, 1.165) is 23.4 Å². The molecule has 19 heavy (non-hydrogen) atoms. The van der Waals surface area contributed by atoms with E-state index in [4.69, 9.17) is 5.26 Å². The zero-order chi connectivity index (χ0) is 13.5. The van der Waals surface area contributed by atoms with E-state index in [1.807, 2.05) is 18.2 Å². The van der Waals surface area contributed by atoms with E-state index in [1.54, 1.807) is 0 Å². The molecule has 3 nitrogen and oxygen atoms in total. The summed E-state index contributed by atoms with van der Waals surface area (Å²) in [7, 11) is 0. The molecule has 0 bridgehead atoms. The Kier molecular flexibility index (Phi) is 4.97. The van der Waals surface area contributed by atoms with Crippen molar-refractivity contribution in [3.8, 4) is 6.07 Å². The van der Waals surface area contributed by atoms with Gasteiger partial charge in [0, 0.05) is 6.54 Å². The maximum absolute atomic E-state index is 8.91. The fourth-order valence-corrected chi connectivity index (χ4v) is 2.45. The van der Waals surface area contributed by atoms with Gasteiger partial charge in [-0.1, -0.05) is 44.7 Å². The molecule has 0 saturated heterocycles. The van der Waals surface area contributed by atoms with Crippen molar-refractivity contribution in [3.05, 3.63) is 30.1 Å². The zero-order valence-corrected chi connectivity index (χ0v) is 11.6. The third kappa shape index (κ3) is 3.35. The van der Waals surface area contributed by atoms with Crippen LogP contribution in [0.1, 0.15) is 44.9 Å². The number of rotatable bonds is 7. The Morgan fingerprint density at radius 3 is 2.74 bits per heavy atom. The first kappa shape index (κ1) is 13.6. The predicted molar refractivity (Wildman–Crippen MR) is 77.8 cm³/mol. The third-order valence-corrected chi connectivity index (χ3v) is 3.46. The summed E-state index contributed by atoms with van der Waals surface area (Å²) in [5.74, 6) is 0.902. The third-order valence-electron chi connectivity index (χ3n) is 3.46. The molecule has 0 aliphatic heterocycles. The number of imidazole rings is 1. The van der Waals surface area contributed by atoms with Crippen molar-refractivity contribution >= 4 is 11.0 Å². The number of para-hydroxylation sites is 2. The molecule has 0 aliphatic carbocycles. The topological polar surface area (TPSA) is 41.6 Å². The molecule has 1 aromatic heterocycles. The van der Waals surface area contributed by atoms with Crippen LogP contribution in [-0.4, -0.2) is 9.55 Å². The normalized spacial score (nSPS) is 10.7. The molecule has 0 fully saturated rings. The number of hydrogen-bond donors (Lipinski definition) is 0. The lowest BCUT2D eigenvalue weighted by molar-refractivity contribution is 0.566. The smallest absolute Gasteiger partial charge is 0.124 e. The Bertz CT molecular complexity index is 563. The van der Waals surface area contributed by atoms with E-state index in [9.17, 15) is 0 Å². The lowest BCUT2D eigenvalue weighted by Gasteiger charge is -2.07. The van der Waals surface area contributed by atoms with E-state index < -0.39 is 0 Å². The Morgan fingerprint density at radius 1 is 1.16 bits per heavy atom. The maximum atomic E-state index is 8.91. The summed E-state index contributed by atoms with van der Waals surface area (Å²) >= 11 is 0. The molecule has 3 heteroatoms. The number of hydrogen-bond acceptors (Lipinski definition) is 2. The average molecular weight is 255 g/mol. The molecular formula is C16H21N3. The molecule has 0 amide bonds. The van der Waals surface area contributed by atoms with Gasteiger partial charge in [0.1, 0.15) is 5.82 Å². The van der Waals surface area contributed by atoms with Gasteiger partial charge in [-0.15, -0.1) is 0 Å². The summed E-state index contributed by atoms with van der Waals surface area (Å²) in [6.07, 6.45) is 6.70. The van der Waals surface area contributed by atoms with E-state index in [2.05, 4.69) is 28.6 Å². The van der Waals surface area contributed by atoms with Gasteiger partial charge in [0.15, 0.2) is 0 Å². The summed E-state index contributed by atoms with van der Waals surface area (Å²) in [6, 6.07) is 10.4. The number of nitriles is 1. The molecule has 2 aromatic rings. The summed E-state index contributed by atoms with van der Waals surface area (Å²) in [4.78, 5) is 4.56. The number of aromatic nitrogens is 2. The molecule has 1 aromatic carbocycles. The minimum absolute atomic E-state index is 0.392. The number of unbranched alkanes of at least 4 members (excludes halogenated alkanes) is 4. The van der Waals surface area contributed by atoms with Crippen molar-refractivity contribution in [2.45, 2.75) is 52.0 Å². The minimum atomic E-state index is 0.392. The Morgan fingerprint density at radius 2 is 1.95 bits per heavy atom. The molecule has 2 rings (SSSR count). The number of benzene rings is 1. The molecule has 0 atom stereocenters. The van der Waals surface area contributed by atoms with Crippen LogP contribution < -0.4 is 0 Å². The first-order valence-electron chi connectivity index (χ1n) is 7.18. The second-order valence-electron chi connectivity index (χ2n) is 4.92. The highest BCUT2D eigenvalue weighted by Crippen LogP contribution is 2.17. The van der Waals surface area contributed by atoms with E-state index in [1.165, 1.54) is 32.1 Å². The SMILES string of the molecule is CCCCCCCn1c(CC#N)nc2ccccc21. The summed E-state index contributed by atoms with van der Waals surface area (Å²) in [5, 5.41) is 8.91. The summed E-state index contributed by atoms with van der Waals surface area (Å²) in [5.41, 5.74) is 2.16. The Balaban J connectivity index is 2.10. The van der Waals surface area contributed by atoms with Crippen molar-refractivity contribution in [2.24, 2.45) is 0 Å². The van der Waals surface area contributed by atoms with Crippen LogP contribution in [0.2, 0.25) is 0 Å². The molecule has 100 valence electrons. The first-order valence-corrected chi connectivity index (χ1v) is 7.18. The van der Waals surface area contributed by atoms with Crippen molar-refractivity contribution in [3.63, 3.8) is 0 Å². The number of fused-ring (bicyclic) bond motifs is 1. The van der Waals surface area contributed by atoms with Crippen molar-refractivity contribution in [1.82, 2.24) is 9.55 Å². The molecule has 1 heterocycles. The van der Waals surface area contributed by atoms with Crippen molar-refractivity contribution in [2.75, 3.05) is 0 Å². The molecule has 0 unspecified atom stereocenters. The number of nitrogens with zero attached hydrogens (tertiary/aromatic N) is 3. The molecule has 0 spiro atoms. The fraction of sp³-hybridized carbons (Fsp3) is 0.500. The zero-order valence-electron chi connectivity index (χ0n) is 11.6. The minimum Gasteiger partial charge on any atom is -0.327 e. The van der Waals surface area contributed by atoms with Gasteiger partial charge < -0.3 is 4.57 Å². The van der Waals surface area contributed by atoms with Gasteiger partial charge in [-0.25, -0.2) is 4.98 Å². The van der Waals surface area contributed by atoms with Crippen molar-refractivity contribution < 1.29 is 0 Å². The molecule has 0 saturated carbocycles. The molecule has 0 N–H and O–H groups in total. The van der Waals surface area contributed by atoms with Crippen LogP contribution in [0.15, 0.2) is 24.3 Å². The van der Waals surface area contributed by atoms with Crippen LogP contribution in [0, 0.1) is 11.3 Å². The van der Waals surface area contributed by atoms with Gasteiger partial charge in [0.25, 0.3) is 0 Å². The van der Waals surface area contributed by atoms with Crippen LogP contribution in [0.25, 0.3) is 11.0 Å². The lowest BCUT2D eigenvalue weighted by atomic mass is 10.1. The van der Waals surface area contributed by atoms with Gasteiger partial charge in [-0.3, -0.25) is 0 Å². The van der Waals surface area contributed by atoms with Crippen molar-refractivity contribution in [1.29, 1.82) is 5.26 Å². The van der Waals surface area contributed by atoms with Gasteiger partial charge in [0.2, 0.25) is 0 Å². The highest BCUT2D eigenvalue weighted by molar-refractivity contribution is 5.75. The van der Waals surface area contributed by atoms with Crippen LogP contribution in [0.4, 0.5) is 0 Å². The van der Waals surface area contributed by atoms with E-state index in [-0.39, 0.29) is 0 Å². The summed E-state index contributed by atoms with van der Waals surface area (Å²) in [6.45, 7) is 3.20. The second-order valence-corrected chi connectivity index (χ2v) is 4.92. The van der Waals surface area contributed by atoms with E-state index in [0.29, 0.717) is 6.42 Å². The van der Waals surface area contributed by atoms with Gasteiger partial charge in [-0.2, -0.15) is 5.26 Å². The van der Waals surface area contributed by atoms with Crippen LogP contribution in [-0.2, 0) is 13.0 Å². The van der Waals surface area contributed by atoms with Crippen LogP contribution in [0.5, 0.6) is 0 Å². The average Bonchev–Trinajstić information content (AvgIpc) is 2.77. The predicted octanol–water partition coefficient (Wildman–Crippen LogP) is 4.07. The first-order chi connectivity index (χ1) is 9.36. The Hall–Kier alpha value is -1.82. The molecule has 0 aliphatic rings. The Labute approximate surface area is 114 Å². The van der Waals surface area contributed by atoms with Crippen LogP contribution >= 0.6 is 0 Å². The lowest BCUT2D eigenvalue weighted by Crippen LogP contribution is -2.03. The largest absolute Gasteiger partial charge is 0.327 e. The second kappa shape index (κ2) is 6.94. The number of aryl methyl sites for hydroxylation is 1. The monoisotopic (exact) mass is 255 g/mol. The quantitative estimate of drug-likeness (QED) is 0.700. The summed E-state index contributed by atoms with van der Waals surface area (Å²) < 4.78 is 2.21. The maximum Gasteiger partial charge on any atom is 0.124 e. The van der Waals surface area contributed by atoms with Crippen LogP contribution in [0.3, 0.4) is 0 Å². The molecule has 0 radical (unpaired) electrons. The highest BCUT2D eigenvalue weighted by atomic mass is 15.1. The van der Waals surface area contributed by atoms with E-state index >= 15 is 0 Å². The van der Waals surface area contributed by atoms with Gasteiger partial charge >= 0.3 is 0 Å².